The van der Waals surface area contributed by atoms with Crippen molar-refractivity contribution in [3.05, 3.63) is 52.2 Å². The molecule has 1 aromatic carbocycles. The van der Waals surface area contributed by atoms with Crippen molar-refractivity contribution in [2.45, 2.75) is 24.3 Å². The highest BCUT2D eigenvalue weighted by Gasteiger charge is 2.19. The van der Waals surface area contributed by atoms with Gasteiger partial charge in [-0.1, -0.05) is 0 Å². The fourth-order valence-corrected chi connectivity index (χ4v) is 3.57. The van der Waals surface area contributed by atoms with Crippen LogP contribution in [0.3, 0.4) is 0 Å². The lowest BCUT2D eigenvalue weighted by Gasteiger charge is -2.17. The predicted molar refractivity (Wildman–Crippen MR) is 99.2 cm³/mol. The zero-order valence-corrected chi connectivity index (χ0v) is 15.2. The van der Waals surface area contributed by atoms with Crippen LogP contribution in [0.25, 0.3) is 0 Å². The number of nitro benzene ring substituents is 1. The van der Waals surface area contributed by atoms with E-state index in [2.05, 4.69) is 15.2 Å². The molecule has 138 valence electrons. The molecule has 3 rings (SSSR count). The molecule has 1 saturated heterocycles. The second-order valence-corrected chi connectivity index (χ2v) is 8.29. The number of pyridine rings is 1. The molecular formula is C17H20N4O4S. The summed E-state index contributed by atoms with van der Waals surface area (Å²) in [6.07, 6.45) is 5.06. The molecule has 26 heavy (non-hydrogen) atoms. The number of sulfone groups is 1. The summed E-state index contributed by atoms with van der Waals surface area (Å²) in [5, 5.41) is 14.3. The van der Waals surface area contributed by atoms with Gasteiger partial charge in [-0.3, -0.25) is 10.1 Å². The first-order valence-corrected chi connectivity index (χ1v) is 10.2. The molecule has 0 amide bonds. The molecule has 0 spiro atoms. The second-order valence-electron chi connectivity index (χ2n) is 6.28. The van der Waals surface area contributed by atoms with Gasteiger partial charge in [-0.15, -0.1) is 0 Å². The van der Waals surface area contributed by atoms with Crippen molar-refractivity contribution in [1.29, 1.82) is 0 Å². The molecule has 1 aliphatic heterocycles. The predicted octanol–water partition coefficient (Wildman–Crippen LogP) is 2.61. The third-order valence-corrected chi connectivity index (χ3v) is 5.43. The third-order valence-electron chi connectivity index (χ3n) is 4.32. The zero-order chi connectivity index (χ0) is 18.7. The summed E-state index contributed by atoms with van der Waals surface area (Å²) < 4.78 is 23.2. The Morgan fingerprint density at radius 3 is 2.62 bits per heavy atom. The Morgan fingerprint density at radius 1 is 1.23 bits per heavy atom. The maximum absolute atomic E-state index is 11.6. The van der Waals surface area contributed by atoms with E-state index in [0.29, 0.717) is 6.54 Å². The molecule has 1 N–H and O–H groups in total. The molecule has 0 bridgehead atoms. The Hall–Kier alpha value is -2.68. The number of nitrogens with one attached hydrogen (secondary N) is 1. The smallest absolute Gasteiger partial charge is 0.293 e. The van der Waals surface area contributed by atoms with E-state index in [1.54, 1.807) is 6.20 Å². The summed E-state index contributed by atoms with van der Waals surface area (Å²) in [5.74, 6) is 0.906. The maximum Gasteiger partial charge on any atom is 0.293 e. The molecule has 1 aliphatic rings. The molecule has 0 atom stereocenters. The Kier molecular flexibility index (Phi) is 5.08. The molecule has 0 aliphatic carbocycles. The van der Waals surface area contributed by atoms with E-state index >= 15 is 0 Å². The van der Waals surface area contributed by atoms with Crippen molar-refractivity contribution in [3.8, 4) is 0 Å². The largest absolute Gasteiger partial charge is 0.375 e. The van der Waals surface area contributed by atoms with Crippen LogP contribution in [0.15, 0.2) is 41.4 Å². The lowest BCUT2D eigenvalue weighted by atomic mass is 10.2. The van der Waals surface area contributed by atoms with Gasteiger partial charge in [0.05, 0.1) is 9.82 Å². The van der Waals surface area contributed by atoms with E-state index in [1.165, 1.54) is 12.1 Å². The minimum atomic E-state index is -3.50. The van der Waals surface area contributed by atoms with Gasteiger partial charge in [0.2, 0.25) is 0 Å². The average Bonchev–Trinajstić information content (AvgIpc) is 3.14. The number of hydrogen-bond acceptors (Lipinski definition) is 7. The molecule has 0 radical (unpaired) electrons. The van der Waals surface area contributed by atoms with Crippen molar-refractivity contribution in [2.75, 3.05) is 29.6 Å². The van der Waals surface area contributed by atoms with E-state index < -0.39 is 14.8 Å². The van der Waals surface area contributed by atoms with Gasteiger partial charge in [0.25, 0.3) is 5.69 Å². The van der Waals surface area contributed by atoms with Crippen LogP contribution < -0.4 is 10.2 Å². The van der Waals surface area contributed by atoms with Gasteiger partial charge in [0.15, 0.2) is 9.84 Å². The minimum absolute atomic E-state index is 0.0741. The van der Waals surface area contributed by atoms with Crippen molar-refractivity contribution >= 4 is 27.0 Å². The van der Waals surface area contributed by atoms with E-state index in [0.717, 1.165) is 49.6 Å². The van der Waals surface area contributed by atoms with E-state index in [1.807, 2.05) is 12.1 Å². The topological polar surface area (TPSA) is 105 Å². The third kappa shape index (κ3) is 4.10. The summed E-state index contributed by atoms with van der Waals surface area (Å²) in [7, 11) is -3.50. The molecule has 1 aromatic heterocycles. The van der Waals surface area contributed by atoms with Gasteiger partial charge in [-0.25, -0.2) is 13.4 Å². The van der Waals surface area contributed by atoms with Crippen LogP contribution in [0.2, 0.25) is 0 Å². The monoisotopic (exact) mass is 376 g/mol. The number of hydrogen-bond donors (Lipinski definition) is 1. The molecule has 2 heterocycles. The number of aromatic nitrogens is 1. The molecular weight excluding hydrogens is 356 g/mol. The van der Waals surface area contributed by atoms with E-state index in [4.69, 9.17) is 0 Å². The molecule has 8 nitrogen and oxygen atoms in total. The molecule has 1 fully saturated rings. The van der Waals surface area contributed by atoms with Crippen LogP contribution >= 0.6 is 0 Å². The second kappa shape index (κ2) is 7.28. The molecule has 9 heteroatoms. The van der Waals surface area contributed by atoms with Crippen molar-refractivity contribution in [2.24, 2.45) is 0 Å². The Balaban J connectivity index is 1.79. The lowest BCUT2D eigenvalue weighted by Crippen LogP contribution is -2.19. The van der Waals surface area contributed by atoms with Crippen LogP contribution in [-0.2, 0) is 16.4 Å². The first-order chi connectivity index (χ1) is 12.3. The standard InChI is InChI=1S/C17H20N4O4S/c1-26(24,25)14-4-5-15(16(11-14)21(22)23)19-12-13-6-7-18-17(10-13)20-8-2-3-9-20/h4-7,10-11,19H,2-3,8-9,12H2,1H3. The van der Waals surface area contributed by atoms with Crippen LogP contribution in [0.1, 0.15) is 18.4 Å². The van der Waals surface area contributed by atoms with Gasteiger partial charge in [0.1, 0.15) is 11.5 Å². The van der Waals surface area contributed by atoms with Gasteiger partial charge >= 0.3 is 0 Å². The van der Waals surface area contributed by atoms with Crippen molar-refractivity contribution in [1.82, 2.24) is 4.98 Å². The number of rotatable bonds is 6. The fraction of sp³-hybridized carbons (Fsp3) is 0.353. The Morgan fingerprint density at radius 2 is 1.96 bits per heavy atom. The highest BCUT2D eigenvalue weighted by Crippen LogP contribution is 2.28. The zero-order valence-electron chi connectivity index (χ0n) is 14.4. The summed E-state index contributed by atoms with van der Waals surface area (Å²) in [6.45, 7) is 2.35. The van der Waals surface area contributed by atoms with Crippen LogP contribution in [-0.4, -0.2) is 37.7 Å². The Labute approximate surface area is 151 Å². The summed E-state index contributed by atoms with van der Waals surface area (Å²) >= 11 is 0. The highest BCUT2D eigenvalue weighted by atomic mass is 32.2. The SMILES string of the molecule is CS(=O)(=O)c1ccc(NCc2ccnc(N3CCCC3)c2)c([N+](=O)[O-])c1. The molecule has 0 saturated carbocycles. The van der Waals surface area contributed by atoms with Crippen LogP contribution in [0, 0.1) is 10.1 Å². The van der Waals surface area contributed by atoms with Crippen LogP contribution in [0.4, 0.5) is 17.2 Å². The molecule has 0 unspecified atom stereocenters. The van der Waals surface area contributed by atoms with Crippen molar-refractivity contribution in [3.63, 3.8) is 0 Å². The van der Waals surface area contributed by atoms with Crippen LogP contribution in [0.5, 0.6) is 0 Å². The fourth-order valence-electron chi connectivity index (χ4n) is 2.93. The number of benzene rings is 1. The van der Waals surface area contributed by atoms with Crippen molar-refractivity contribution < 1.29 is 13.3 Å². The van der Waals surface area contributed by atoms with E-state index in [-0.39, 0.29) is 16.3 Å². The van der Waals surface area contributed by atoms with E-state index in [9.17, 15) is 18.5 Å². The number of nitro groups is 1. The van der Waals surface area contributed by atoms with Gasteiger partial charge in [-0.2, -0.15) is 0 Å². The highest BCUT2D eigenvalue weighted by molar-refractivity contribution is 7.90. The molecule has 2 aromatic rings. The van der Waals surface area contributed by atoms with Gasteiger partial charge in [0, 0.05) is 38.2 Å². The minimum Gasteiger partial charge on any atom is -0.375 e. The Bertz CT molecular complexity index is 924. The first-order valence-electron chi connectivity index (χ1n) is 8.27. The first kappa shape index (κ1) is 18.1. The number of nitrogens with zero attached hydrogens (tertiary/aromatic N) is 3. The van der Waals surface area contributed by atoms with Gasteiger partial charge in [-0.05, 0) is 42.7 Å². The normalized spacial score (nSPS) is 14.4. The average molecular weight is 376 g/mol. The number of anilines is 2. The quantitative estimate of drug-likeness (QED) is 0.610. The summed E-state index contributed by atoms with van der Waals surface area (Å²) in [4.78, 5) is 17.2. The summed E-state index contributed by atoms with van der Waals surface area (Å²) in [6, 6.07) is 7.70. The lowest BCUT2D eigenvalue weighted by molar-refractivity contribution is -0.384. The summed E-state index contributed by atoms with van der Waals surface area (Å²) in [5.41, 5.74) is 0.965. The van der Waals surface area contributed by atoms with Gasteiger partial charge < -0.3 is 10.2 Å². The maximum atomic E-state index is 11.6.